The Morgan fingerprint density at radius 1 is 1.44 bits per heavy atom. The lowest BCUT2D eigenvalue weighted by molar-refractivity contribution is -0.143. The van der Waals surface area contributed by atoms with E-state index in [4.69, 9.17) is 10.2 Å². The first-order valence-electron chi connectivity index (χ1n) is 5.46. The molecule has 1 unspecified atom stereocenters. The fourth-order valence-electron chi connectivity index (χ4n) is 1.17. The zero-order valence-electron chi connectivity index (χ0n) is 10.3. The van der Waals surface area contributed by atoms with Gasteiger partial charge < -0.3 is 20.4 Å². The maximum absolute atomic E-state index is 12.2. The van der Waals surface area contributed by atoms with Crippen LogP contribution in [0, 0.1) is 0 Å². The number of halogens is 2. The molecule has 0 saturated heterocycles. The Bertz CT molecular complexity index is 302. The molecule has 106 valence electrons. The van der Waals surface area contributed by atoms with Crippen molar-refractivity contribution in [3.63, 3.8) is 0 Å². The summed E-state index contributed by atoms with van der Waals surface area (Å²) in [6.45, 7) is 1.22. The van der Waals surface area contributed by atoms with Crippen molar-refractivity contribution in [2.45, 2.75) is 32.2 Å². The van der Waals surface area contributed by atoms with Crippen LogP contribution in [-0.2, 0) is 4.79 Å². The van der Waals surface area contributed by atoms with E-state index in [2.05, 4.69) is 5.32 Å². The number of carboxylic acid groups (broad SMARTS) is 1. The predicted molar refractivity (Wildman–Crippen MR) is 59.5 cm³/mol. The molecule has 18 heavy (non-hydrogen) atoms. The number of aliphatic hydroxyl groups is 1. The van der Waals surface area contributed by atoms with E-state index in [0.29, 0.717) is 4.90 Å². The topological polar surface area (TPSA) is 89.9 Å². The summed E-state index contributed by atoms with van der Waals surface area (Å²) >= 11 is 0. The van der Waals surface area contributed by atoms with Gasteiger partial charge in [0.1, 0.15) is 5.54 Å². The van der Waals surface area contributed by atoms with Crippen LogP contribution in [0.2, 0.25) is 0 Å². The van der Waals surface area contributed by atoms with Crippen molar-refractivity contribution in [1.29, 1.82) is 0 Å². The summed E-state index contributed by atoms with van der Waals surface area (Å²) in [6.07, 6.45) is -2.64. The van der Waals surface area contributed by atoms with Gasteiger partial charge in [-0.05, 0) is 13.3 Å². The number of urea groups is 1. The lowest BCUT2D eigenvalue weighted by atomic mass is 10.00. The third-order valence-corrected chi connectivity index (χ3v) is 2.58. The van der Waals surface area contributed by atoms with Gasteiger partial charge in [0.15, 0.2) is 0 Å². The molecule has 0 aromatic rings. The quantitative estimate of drug-likeness (QED) is 0.627. The molecule has 0 heterocycles. The highest BCUT2D eigenvalue weighted by Crippen LogP contribution is 2.10. The highest BCUT2D eigenvalue weighted by molar-refractivity contribution is 5.85. The van der Waals surface area contributed by atoms with E-state index in [1.165, 1.54) is 6.92 Å². The number of nitrogens with zero attached hydrogens (tertiary/aromatic N) is 1. The second kappa shape index (κ2) is 7.10. The number of hydrogen-bond acceptors (Lipinski definition) is 3. The molecule has 0 aliphatic carbocycles. The fourth-order valence-corrected chi connectivity index (χ4v) is 1.17. The van der Waals surface area contributed by atoms with Gasteiger partial charge in [-0.3, -0.25) is 0 Å². The number of carboxylic acids is 1. The minimum absolute atomic E-state index is 0.107. The number of aliphatic carboxylic acids is 1. The van der Waals surface area contributed by atoms with Crippen molar-refractivity contribution in [1.82, 2.24) is 10.2 Å². The van der Waals surface area contributed by atoms with Crippen molar-refractivity contribution in [3.8, 4) is 0 Å². The van der Waals surface area contributed by atoms with Crippen molar-refractivity contribution in [2.75, 3.05) is 19.7 Å². The van der Waals surface area contributed by atoms with Crippen molar-refractivity contribution >= 4 is 12.0 Å². The van der Waals surface area contributed by atoms with Gasteiger partial charge in [-0.15, -0.1) is 0 Å². The van der Waals surface area contributed by atoms with Gasteiger partial charge in [0, 0.05) is 6.54 Å². The molecule has 0 bridgehead atoms. The molecule has 0 saturated carbocycles. The van der Waals surface area contributed by atoms with Crippen LogP contribution in [0.1, 0.15) is 20.3 Å². The molecule has 0 radical (unpaired) electrons. The molecule has 2 amide bonds. The van der Waals surface area contributed by atoms with Crippen LogP contribution < -0.4 is 5.32 Å². The van der Waals surface area contributed by atoms with E-state index in [9.17, 15) is 18.4 Å². The van der Waals surface area contributed by atoms with E-state index in [0.717, 1.165) is 0 Å². The summed E-state index contributed by atoms with van der Waals surface area (Å²) in [4.78, 5) is 23.3. The van der Waals surface area contributed by atoms with Crippen LogP contribution >= 0.6 is 0 Å². The standard InChI is InChI=1S/C10H18F2N2O4/c1-3-10(2,8(16)17)13-9(18)14(4-5-15)6-7(11)12/h7,15H,3-6H2,1-2H3,(H,13,18)(H,16,17). The van der Waals surface area contributed by atoms with Gasteiger partial charge in [0.05, 0.1) is 13.2 Å². The number of rotatable bonds is 7. The number of alkyl halides is 2. The van der Waals surface area contributed by atoms with E-state index < -0.39 is 37.1 Å². The third kappa shape index (κ3) is 4.82. The fraction of sp³-hybridized carbons (Fsp3) is 0.800. The first-order valence-corrected chi connectivity index (χ1v) is 5.46. The lowest BCUT2D eigenvalue weighted by Crippen LogP contribution is -2.56. The average Bonchev–Trinajstić information content (AvgIpc) is 2.27. The Morgan fingerprint density at radius 3 is 2.33 bits per heavy atom. The highest BCUT2D eigenvalue weighted by atomic mass is 19.3. The molecule has 0 rings (SSSR count). The molecule has 0 aromatic heterocycles. The van der Waals surface area contributed by atoms with Crippen LogP contribution in [0.25, 0.3) is 0 Å². The van der Waals surface area contributed by atoms with E-state index in [-0.39, 0.29) is 13.0 Å². The molecule has 8 heteroatoms. The lowest BCUT2D eigenvalue weighted by Gasteiger charge is -2.29. The van der Waals surface area contributed by atoms with Gasteiger partial charge in [-0.2, -0.15) is 0 Å². The number of carbonyl (C=O) groups is 2. The molecule has 0 aliphatic rings. The second-order valence-electron chi connectivity index (χ2n) is 3.98. The molecule has 0 spiro atoms. The maximum Gasteiger partial charge on any atom is 0.329 e. The summed E-state index contributed by atoms with van der Waals surface area (Å²) in [7, 11) is 0. The molecular formula is C10H18F2N2O4. The highest BCUT2D eigenvalue weighted by Gasteiger charge is 2.34. The van der Waals surface area contributed by atoms with E-state index >= 15 is 0 Å². The minimum Gasteiger partial charge on any atom is -0.480 e. The van der Waals surface area contributed by atoms with Crippen LogP contribution in [-0.4, -0.2) is 58.8 Å². The first kappa shape index (κ1) is 16.6. The summed E-state index contributed by atoms with van der Waals surface area (Å²) in [5.41, 5.74) is -1.52. The van der Waals surface area contributed by atoms with Gasteiger partial charge in [0.25, 0.3) is 6.43 Å². The van der Waals surface area contributed by atoms with Crippen LogP contribution in [0.4, 0.5) is 13.6 Å². The Labute approximate surface area is 104 Å². The number of carbonyl (C=O) groups excluding carboxylic acids is 1. The monoisotopic (exact) mass is 268 g/mol. The smallest absolute Gasteiger partial charge is 0.329 e. The summed E-state index contributed by atoms with van der Waals surface area (Å²) in [6, 6.07) is -0.934. The van der Waals surface area contributed by atoms with Crippen molar-refractivity contribution < 1.29 is 28.6 Å². The van der Waals surface area contributed by atoms with E-state index in [1.54, 1.807) is 6.92 Å². The first-order chi connectivity index (χ1) is 8.26. The van der Waals surface area contributed by atoms with Crippen molar-refractivity contribution in [3.05, 3.63) is 0 Å². The van der Waals surface area contributed by atoms with Crippen molar-refractivity contribution in [2.24, 2.45) is 0 Å². The summed E-state index contributed by atoms with van der Waals surface area (Å²) in [5.74, 6) is -1.25. The number of nitrogens with one attached hydrogen (secondary N) is 1. The van der Waals surface area contributed by atoms with Crippen LogP contribution in [0.5, 0.6) is 0 Å². The number of aliphatic hydroxyl groups excluding tert-OH is 1. The zero-order chi connectivity index (χ0) is 14.3. The largest absolute Gasteiger partial charge is 0.480 e. The van der Waals surface area contributed by atoms with Gasteiger partial charge in [-0.25, -0.2) is 18.4 Å². The Balaban J connectivity index is 4.72. The zero-order valence-corrected chi connectivity index (χ0v) is 10.3. The molecule has 0 aromatic carbocycles. The maximum atomic E-state index is 12.2. The minimum atomic E-state index is -2.75. The molecule has 1 atom stereocenters. The Kier molecular flexibility index (Phi) is 6.53. The Morgan fingerprint density at radius 2 is 2.00 bits per heavy atom. The molecule has 6 nitrogen and oxygen atoms in total. The molecule has 0 fully saturated rings. The predicted octanol–water partition coefficient (Wildman–Crippen LogP) is 0.509. The normalized spacial score (nSPS) is 14.1. The number of amides is 2. The number of hydrogen-bond donors (Lipinski definition) is 3. The van der Waals surface area contributed by atoms with Gasteiger partial charge in [-0.1, -0.05) is 6.92 Å². The summed E-state index contributed by atoms with van der Waals surface area (Å²) < 4.78 is 24.4. The average molecular weight is 268 g/mol. The summed E-state index contributed by atoms with van der Waals surface area (Å²) in [5, 5.41) is 19.8. The molecular weight excluding hydrogens is 250 g/mol. The van der Waals surface area contributed by atoms with Gasteiger partial charge >= 0.3 is 12.0 Å². The molecule has 3 N–H and O–H groups in total. The second-order valence-corrected chi connectivity index (χ2v) is 3.98. The van der Waals surface area contributed by atoms with Crippen LogP contribution in [0.3, 0.4) is 0 Å². The van der Waals surface area contributed by atoms with E-state index in [1.807, 2.05) is 0 Å². The SMILES string of the molecule is CCC(C)(NC(=O)N(CCO)CC(F)F)C(=O)O. The van der Waals surface area contributed by atoms with Gasteiger partial charge in [0.2, 0.25) is 0 Å². The van der Waals surface area contributed by atoms with Crippen LogP contribution in [0.15, 0.2) is 0 Å². The molecule has 0 aliphatic heterocycles. The Hall–Kier alpha value is -1.44. The third-order valence-electron chi connectivity index (χ3n) is 2.58.